The Hall–Kier alpha value is -2.95. The second kappa shape index (κ2) is 6.00. The summed E-state index contributed by atoms with van der Waals surface area (Å²) in [5.74, 6) is 0.545. The molecular formula is C16H13N3O2. The number of carbonyl (C=O) groups excluding carboxylic acids is 1. The van der Waals surface area contributed by atoms with Crippen molar-refractivity contribution in [3.8, 4) is 11.3 Å². The summed E-state index contributed by atoms with van der Waals surface area (Å²) >= 11 is 0. The van der Waals surface area contributed by atoms with Gasteiger partial charge in [0.25, 0.3) is 5.91 Å². The van der Waals surface area contributed by atoms with Gasteiger partial charge in [0.05, 0.1) is 18.5 Å². The van der Waals surface area contributed by atoms with Crippen LogP contribution in [0.1, 0.15) is 16.1 Å². The first-order valence-electron chi connectivity index (χ1n) is 6.50. The van der Waals surface area contributed by atoms with Gasteiger partial charge >= 0.3 is 0 Å². The van der Waals surface area contributed by atoms with Gasteiger partial charge in [-0.2, -0.15) is 0 Å². The lowest BCUT2D eigenvalue weighted by atomic mass is 10.0. The Balaban J connectivity index is 1.83. The van der Waals surface area contributed by atoms with Crippen LogP contribution in [-0.2, 0) is 6.54 Å². The summed E-state index contributed by atoms with van der Waals surface area (Å²) in [5, 5.41) is 2.84. The van der Waals surface area contributed by atoms with E-state index in [4.69, 9.17) is 4.42 Å². The fourth-order valence-electron chi connectivity index (χ4n) is 2.03. The van der Waals surface area contributed by atoms with Crippen LogP contribution in [0.4, 0.5) is 0 Å². The minimum absolute atomic E-state index is 0.166. The molecule has 0 atom stereocenters. The van der Waals surface area contributed by atoms with Crippen molar-refractivity contribution in [1.29, 1.82) is 0 Å². The molecule has 21 heavy (non-hydrogen) atoms. The number of hydrogen-bond acceptors (Lipinski definition) is 4. The van der Waals surface area contributed by atoms with E-state index in [2.05, 4.69) is 15.3 Å². The van der Waals surface area contributed by atoms with Crippen LogP contribution in [0.3, 0.4) is 0 Å². The molecule has 0 radical (unpaired) electrons. The average Bonchev–Trinajstić information content (AvgIpc) is 3.07. The number of hydrogen-bond donors (Lipinski definition) is 1. The Bertz CT molecular complexity index is 724. The van der Waals surface area contributed by atoms with E-state index < -0.39 is 0 Å². The van der Waals surface area contributed by atoms with E-state index in [0.717, 1.165) is 5.56 Å². The highest BCUT2D eigenvalue weighted by molar-refractivity contribution is 6.00. The van der Waals surface area contributed by atoms with Gasteiger partial charge in [-0.15, -0.1) is 0 Å². The van der Waals surface area contributed by atoms with E-state index in [1.807, 2.05) is 24.3 Å². The zero-order valence-electron chi connectivity index (χ0n) is 11.2. The number of amides is 1. The molecule has 0 bridgehead atoms. The van der Waals surface area contributed by atoms with E-state index in [9.17, 15) is 4.79 Å². The van der Waals surface area contributed by atoms with Crippen LogP contribution in [0.25, 0.3) is 11.3 Å². The molecule has 2 aromatic heterocycles. The molecule has 0 aliphatic heterocycles. The maximum atomic E-state index is 12.3. The van der Waals surface area contributed by atoms with Gasteiger partial charge in [0, 0.05) is 17.3 Å². The molecule has 0 saturated carbocycles. The minimum atomic E-state index is -0.166. The van der Waals surface area contributed by atoms with Crippen molar-refractivity contribution < 1.29 is 9.21 Å². The molecule has 0 spiro atoms. The first kappa shape index (κ1) is 13.1. The molecule has 0 fully saturated rings. The molecule has 5 heteroatoms. The third-order valence-corrected chi connectivity index (χ3v) is 3.03. The van der Waals surface area contributed by atoms with Gasteiger partial charge in [-0.05, 0) is 24.3 Å². The monoisotopic (exact) mass is 279 g/mol. The van der Waals surface area contributed by atoms with Gasteiger partial charge < -0.3 is 9.73 Å². The molecule has 0 unspecified atom stereocenters. The van der Waals surface area contributed by atoms with E-state index in [0.29, 0.717) is 23.6 Å². The lowest BCUT2D eigenvalue weighted by Gasteiger charge is -2.08. The van der Waals surface area contributed by atoms with Crippen molar-refractivity contribution >= 4 is 5.91 Å². The van der Waals surface area contributed by atoms with Crippen molar-refractivity contribution in [2.75, 3.05) is 0 Å². The lowest BCUT2D eigenvalue weighted by molar-refractivity contribution is 0.0948. The molecule has 0 saturated heterocycles. The average molecular weight is 279 g/mol. The maximum absolute atomic E-state index is 12.3. The van der Waals surface area contributed by atoms with E-state index in [-0.39, 0.29) is 5.91 Å². The van der Waals surface area contributed by atoms with Crippen molar-refractivity contribution in [2.45, 2.75) is 6.54 Å². The fourth-order valence-corrected chi connectivity index (χ4v) is 2.03. The fraction of sp³-hybridized carbons (Fsp3) is 0.0625. The standard InChI is InChI=1S/C16H13N3O2/c20-16(18-10-12-4-3-9-21-12)14-6-2-1-5-13(14)15-7-8-17-11-19-15/h1-9,11H,10H2,(H,18,20). The van der Waals surface area contributed by atoms with Gasteiger partial charge in [0.2, 0.25) is 0 Å². The smallest absolute Gasteiger partial charge is 0.252 e. The summed E-state index contributed by atoms with van der Waals surface area (Å²) in [7, 11) is 0. The third kappa shape index (κ3) is 2.97. The van der Waals surface area contributed by atoms with Crippen LogP contribution in [0.5, 0.6) is 0 Å². The van der Waals surface area contributed by atoms with Crippen molar-refractivity contribution in [1.82, 2.24) is 15.3 Å². The van der Waals surface area contributed by atoms with E-state index in [1.54, 1.807) is 30.7 Å². The number of carbonyl (C=O) groups is 1. The third-order valence-electron chi connectivity index (χ3n) is 3.03. The molecule has 3 aromatic rings. The highest BCUT2D eigenvalue weighted by atomic mass is 16.3. The Morgan fingerprint density at radius 3 is 2.81 bits per heavy atom. The summed E-state index contributed by atoms with van der Waals surface area (Å²) in [6, 6.07) is 12.7. The van der Waals surface area contributed by atoms with Gasteiger partial charge in [0.15, 0.2) is 0 Å². The predicted octanol–water partition coefficient (Wildman–Crippen LogP) is 2.67. The van der Waals surface area contributed by atoms with Gasteiger partial charge in [-0.3, -0.25) is 4.79 Å². The molecule has 2 heterocycles. The second-order valence-electron chi connectivity index (χ2n) is 4.40. The number of aromatic nitrogens is 2. The Morgan fingerprint density at radius 1 is 1.14 bits per heavy atom. The van der Waals surface area contributed by atoms with Crippen LogP contribution in [0.15, 0.2) is 65.7 Å². The number of rotatable bonds is 4. The van der Waals surface area contributed by atoms with Crippen LogP contribution in [0.2, 0.25) is 0 Å². The van der Waals surface area contributed by atoms with E-state index in [1.165, 1.54) is 6.33 Å². The molecule has 0 aliphatic rings. The number of benzene rings is 1. The highest BCUT2D eigenvalue weighted by Crippen LogP contribution is 2.20. The van der Waals surface area contributed by atoms with Crippen molar-refractivity contribution in [3.05, 3.63) is 72.6 Å². The zero-order chi connectivity index (χ0) is 14.5. The number of nitrogens with zero attached hydrogens (tertiary/aromatic N) is 2. The molecule has 1 aromatic carbocycles. The lowest BCUT2D eigenvalue weighted by Crippen LogP contribution is -2.23. The molecular weight excluding hydrogens is 266 g/mol. The van der Waals surface area contributed by atoms with Crippen molar-refractivity contribution in [3.63, 3.8) is 0 Å². The first-order chi connectivity index (χ1) is 10.3. The SMILES string of the molecule is O=C(NCc1ccco1)c1ccccc1-c1ccncn1. The highest BCUT2D eigenvalue weighted by Gasteiger charge is 2.13. The number of nitrogens with one attached hydrogen (secondary N) is 1. The normalized spacial score (nSPS) is 10.3. The second-order valence-corrected chi connectivity index (χ2v) is 4.40. The minimum Gasteiger partial charge on any atom is -0.467 e. The van der Waals surface area contributed by atoms with Gasteiger partial charge in [-0.25, -0.2) is 9.97 Å². The molecule has 5 nitrogen and oxygen atoms in total. The first-order valence-corrected chi connectivity index (χ1v) is 6.50. The van der Waals surface area contributed by atoms with Crippen molar-refractivity contribution in [2.24, 2.45) is 0 Å². The summed E-state index contributed by atoms with van der Waals surface area (Å²) < 4.78 is 5.20. The topological polar surface area (TPSA) is 68.0 Å². The summed E-state index contributed by atoms with van der Waals surface area (Å²) in [5.41, 5.74) is 2.06. The predicted molar refractivity (Wildman–Crippen MR) is 77.3 cm³/mol. The van der Waals surface area contributed by atoms with Crippen LogP contribution in [0, 0.1) is 0 Å². The zero-order valence-corrected chi connectivity index (χ0v) is 11.2. The Morgan fingerprint density at radius 2 is 2.05 bits per heavy atom. The quantitative estimate of drug-likeness (QED) is 0.797. The Labute approximate surface area is 121 Å². The van der Waals surface area contributed by atoms with Gasteiger partial charge in [-0.1, -0.05) is 18.2 Å². The summed E-state index contributed by atoms with van der Waals surface area (Å²) in [6.07, 6.45) is 4.70. The molecule has 3 rings (SSSR count). The summed E-state index contributed by atoms with van der Waals surface area (Å²) in [4.78, 5) is 20.4. The van der Waals surface area contributed by atoms with Crippen LogP contribution < -0.4 is 5.32 Å². The van der Waals surface area contributed by atoms with E-state index >= 15 is 0 Å². The van der Waals surface area contributed by atoms with Gasteiger partial charge in [0.1, 0.15) is 12.1 Å². The van der Waals surface area contributed by atoms with Crippen LogP contribution >= 0.6 is 0 Å². The Kier molecular flexibility index (Phi) is 3.73. The largest absolute Gasteiger partial charge is 0.467 e. The molecule has 0 aliphatic carbocycles. The molecule has 1 amide bonds. The molecule has 104 valence electrons. The molecule has 1 N–H and O–H groups in total. The van der Waals surface area contributed by atoms with Crippen LogP contribution in [-0.4, -0.2) is 15.9 Å². The number of furan rings is 1. The maximum Gasteiger partial charge on any atom is 0.252 e. The summed E-state index contributed by atoms with van der Waals surface area (Å²) in [6.45, 7) is 0.351.